The lowest BCUT2D eigenvalue weighted by molar-refractivity contribution is -0.112. The van der Waals surface area contributed by atoms with Crippen molar-refractivity contribution in [3.63, 3.8) is 0 Å². The topological polar surface area (TPSA) is 65.4 Å². The summed E-state index contributed by atoms with van der Waals surface area (Å²) in [4.78, 5) is 22.3. The number of carbonyl (C=O) groups excluding carboxylic acids is 1. The highest BCUT2D eigenvalue weighted by molar-refractivity contribution is 7.23. The van der Waals surface area contributed by atoms with Crippen molar-refractivity contribution in [2.24, 2.45) is 4.99 Å². The van der Waals surface area contributed by atoms with Gasteiger partial charge in [0.25, 0.3) is 5.91 Å². The Hall–Kier alpha value is -3.30. The van der Waals surface area contributed by atoms with Crippen LogP contribution in [0.15, 0.2) is 64.3 Å². The zero-order valence-electron chi connectivity index (χ0n) is 17.2. The number of H-pyrrole nitrogens is 1. The second-order valence-corrected chi connectivity index (χ2v) is 12.3. The van der Waals surface area contributed by atoms with Crippen LogP contribution in [0, 0.1) is 0 Å². The van der Waals surface area contributed by atoms with Crippen molar-refractivity contribution in [3.8, 4) is 16.3 Å². The third kappa shape index (κ3) is 2.56. The van der Waals surface area contributed by atoms with E-state index in [-0.39, 0.29) is 11.8 Å². The van der Waals surface area contributed by atoms with E-state index in [1.807, 2.05) is 0 Å². The Morgan fingerprint density at radius 3 is 2.00 bits per heavy atom. The van der Waals surface area contributed by atoms with Gasteiger partial charge in [0.05, 0.1) is 16.5 Å². The van der Waals surface area contributed by atoms with Gasteiger partial charge in [-0.05, 0) is 80.8 Å². The minimum atomic E-state index is -0.266. The number of aromatic amines is 1. The van der Waals surface area contributed by atoms with E-state index in [4.69, 9.17) is 0 Å². The van der Waals surface area contributed by atoms with Crippen molar-refractivity contribution in [1.82, 2.24) is 4.98 Å². The first kappa shape index (κ1) is 19.1. The zero-order chi connectivity index (χ0) is 22.6. The maximum absolute atomic E-state index is 13.1. The molecule has 2 N–H and O–H groups in total. The van der Waals surface area contributed by atoms with Gasteiger partial charge in [-0.3, -0.25) is 4.79 Å². The lowest BCUT2D eigenvalue weighted by Crippen LogP contribution is -2.22. The van der Waals surface area contributed by atoms with Crippen LogP contribution in [0.1, 0.15) is 4.88 Å². The molecule has 0 fully saturated rings. The van der Waals surface area contributed by atoms with Crippen LogP contribution >= 0.6 is 45.3 Å². The van der Waals surface area contributed by atoms with Crippen LogP contribution < -0.4 is 10.7 Å². The summed E-state index contributed by atoms with van der Waals surface area (Å²) in [5.74, 6) is -0.216. The van der Waals surface area contributed by atoms with E-state index in [1.165, 1.54) is 20.2 Å². The number of benzene rings is 2. The molecule has 0 radical (unpaired) electrons. The summed E-state index contributed by atoms with van der Waals surface area (Å²) in [5.41, 5.74) is 1.13. The van der Waals surface area contributed by atoms with Gasteiger partial charge in [-0.1, -0.05) is 0 Å². The van der Waals surface area contributed by atoms with Gasteiger partial charge in [0, 0.05) is 28.6 Å². The fourth-order valence-corrected chi connectivity index (χ4v) is 8.65. The highest BCUT2D eigenvalue weighted by atomic mass is 32.1. The number of nitrogens with one attached hydrogen (secondary N) is 1. The standard InChI is InChI=1S/C26H12N2O2S4/c29-25-21(19-9-13-7-15-11(1-3-31-15)5-17(13)33-19)23-24(28-25)22(26(30)27-23)20-10-14-8-16-12(2-4-32-16)6-18(14)34-20/h1-10,27,30H. The predicted octanol–water partition coefficient (Wildman–Crippen LogP) is 6.60. The molecule has 0 aliphatic carbocycles. The van der Waals surface area contributed by atoms with Crippen LogP contribution in [0.4, 0.5) is 0 Å². The van der Waals surface area contributed by atoms with E-state index < -0.39 is 0 Å². The molecule has 34 heavy (non-hydrogen) atoms. The Labute approximate surface area is 207 Å². The number of nitrogens with zero attached hydrogens (tertiary/aromatic N) is 1. The van der Waals surface area contributed by atoms with Crippen molar-refractivity contribution >= 4 is 97.2 Å². The second-order valence-electron chi connectivity index (χ2n) is 8.28. The summed E-state index contributed by atoms with van der Waals surface area (Å²) < 4.78 is 4.75. The van der Waals surface area contributed by atoms with Crippen LogP contribution in [0.3, 0.4) is 0 Å². The van der Waals surface area contributed by atoms with Crippen molar-refractivity contribution < 1.29 is 9.90 Å². The van der Waals surface area contributed by atoms with Gasteiger partial charge in [-0.2, -0.15) is 0 Å². The highest BCUT2D eigenvalue weighted by Crippen LogP contribution is 2.39. The molecule has 4 nitrogen and oxygen atoms in total. The van der Waals surface area contributed by atoms with Crippen molar-refractivity contribution in [2.45, 2.75) is 0 Å². The number of hydrogen-bond acceptors (Lipinski definition) is 6. The summed E-state index contributed by atoms with van der Waals surface area (Å²) in [5, 5.41) is 20.9. The first-order chi connectivity index (χ1) is 16.6. The molecule has 8 heteroatoms. The largest absolute Gasteiger partial charge is 0.494 e. The van der Waals surface area contributed by atoms with Gasteiger partial charge in [0.15, 0.2) is 5.88 Å². The Bertz CT molecular complexity index is 2020. The molecule has 6 heterocycles. The number of fused-ring (bicyclic) bond motifs is 5. The van der Waals surface area contributed by atoms with Crippen LogP contribution in [-0.2, 0) is 4.79 Å². The predicted molar refractivity (Wildman–Crippen MR) is 144 cm³/mol. The van der Waals surface area contributed by atoms with Gasteiger partial charge in [0.2, 0.25) is 0 Å². The molecule has 1 aliphatic heterocycles. The Balaban J connectivity index is 1.35. The molecule has 0 bridgehead atoms. The molecule has 5 aromatic heterocycles. The molecule has 162 valence electrons. The normalized spacial score (nSPS) is 13.6. The average molecular weight is 513 g/mol. The maximum Gasteiger partial charge on any atom is 0.281 e. The average Bonchev–Trinajstić information content (AvgIpc) is 3.61. The van der Waals surface area contributed by atoms with Crippen molar-refractivity contribution in [1.29, 1.82) is 0 Å². The van der Waals surface area contributed by atoms with Crippen LogP contribution in [0.2, 0.25) is 0 Å². The number of thiophene rings is 4. The molecule has 1 amide bonds. The fourth-order valence-electron chi connectivity index (χ4n) is 4.73. The fraction of sp³-hybridized carbons (Fsp3) is 0. The highest BCUT2D eigenvalue weighted by Gasteiger charge is 2.27. The molecule has 0 atom stereocenters. The van der Waals surface area contributed by atoms with Gasteiger partial charge in [-0.15, -0.1) is 45.3 Å². The van der Waals surface area contributed by atoms with Crippen LogP contribution in [-0.4, -0.2) is 16.0 Å². The SMILES string of the molecule is O=C1N=c2c(-c3cc4cc5sccc5cc4s3)c(O)[nH]c2=C1c1cc2cc3sccc3cc2s1. The Morgan fingerprint density at radius 2 is 1.32 bits per heavy atom. The molecule has 1 aliphatic rings. The number of aromatic nitrogens is 1. The summed E-state index contributed by atoms with van der Waals surface area (Å²) in [6.45, 7) is 0. The van der Waals surface area contributed by atoms with E-state index in [2.05, 4.69) is 69.3 Å². The molecule has 7 aromatic rings. The second kappa shape index (κ2) is 6.64. The number of amides is 1. The van der Waals surface area contributed by atoms with Gasteiger partial charge in [-0.25, -0.2) is 4.99 Å². The summed E-state index contributed by atoms with van der Waals surface area (Å²) in [6.07, 6.45) is 0. The first-order valence-corrected chi connectivity index (χ1v) is 13.9. The summed E-state index contributed by atoms with van der Waals surface area (Å²) in [7, 11) is 0. The first-order valence-electron chi connectivity index (χ1n) is 10.5. The lowest BCUT2D eigenvalue weighted by Gasteiger charge is -1.95. The molecular weight excluding hydrogens is 501 g/mol. The number of aromatic hydroxyl groups is 1. The lowest BCUT2D eigenvalue weighted by atomic mass is 10.1. The third-order valence-electron chi connectivity index (χ3n) is 6.31. The van der Waals surface area contributed by atoms with Crippen molar-refractivity contribution in [2.75, 3.05) is 0 Å². The zero-order valence-corrected chi connectivity index (χ0v) is 20.5. The molecule has 2 aromatic carbocycles. The monoisotopic (exact) mass is 512 g/mol. The third-order valence-corrected chi connectivity index (χ3v) is 10.3. The Kier molecular flexibility index (Phi) is 3.72. The van der Waals surface area contributed by atoms with E-state index >= 15 is 0 Å². The van der Waals surface area contributed by atoms with Crippen LogP contribution in [0.5, 0.6) is 5.88 Å². The van der Waals surface area contributed by atoms with Gasteiger partial charge in [0.1, 0.15) is 5.36 Å². The molecule has 8 rings (SSSR count). The number of carbonyl (C=O) groups is 1. The summed E-state index contributed by atoms with van der Waals surface area (Å²) >= 11 is 6.62. The smallest absolute Gasteiger partial charge is 0.281 e. The van der Waals surface area contributed by atoms with Crippen molar-refractivity contribution in [3.05, 3.63) is 74.9 Å². The molecular formula is C26H12N2O2S4. The molecule has 0 saturated heterocycles. The number of rotatable bonds is 2. The maximum atomic E-state index is 13.1. The molecule has 0 spiro atoms. The van der Waals surface area contributed by atoms with E-state index in [9.17, 15) is 9.90 Å². The minimum Gasteiger partial charge on any atom is -0.494 e. The molecule has 0 unspecified atom stereocenters. The van der Waals surface area contributed by atoms with Gasteiger partial charge >= 0.3 is 0 Å². The Morgan fingerprint density at radius 1 is 0.735 bits per heavy atom. The van der Waals surface area contributed by atoms with E-state index in [0.717, 1.165) is 29.9 Å². The van der Waals surface area contributed by atoms with Gasteiger partial charge < -0.3 is 10.1 Å². The molecule has 0 saturated carbocycles. The van der Waals surface area contributed by atoms with E-state index in [1.54, 1.807) is 45.3 Å². The summed E-state index contributed by atoms with van der Waals surface area (Å²) in [6, 6.07) is 17.1. The quantitative estimate of drug-likeness (QED) is 0.274. The van der Waals surface area contributed by atoms with Crippen LogP contribution in [0.25, 0.3) is 56.4 Å². The van der Waals surface area contributed by atoms with E-state index in [0.29, 0.717) is 21.8 Å². The minimum absolute atomic E-state index is 0.0498. The number of hydrogen-bond donors (Lipinski definition) is 2.